The van der Waals surface area contributed by atoms with Gasteiger partial charge in [0.15, 0.2) is 0 Å². The molecule has 0 amide bonds. The van der Waals surface area contributed by atoms with Crippen molar-refractivity contribution in [3.8, 4) is 12.3 Å². The van der Waals surface area contributed by atoms with Gasteiger partial charge in [-0.15, -0.1) is 6.42 Å². The lowest BCUT2D eigenvalue weighted by Gasteiger charge is -2.36. The van der Waals surface area contributed by atoms with Crippen LogP contribution in [0.1, 0.15) is 33.1 Å². The lowest BCUT2D eigenvalue weighted by atomic mass is 10.1. The Morgan fingerprint density at radius 3 is 3.12 bits per heavy atom. The summed E-state index contributed by atoms with van der Waals surface area (Å²) in [6, 6.07) is 0.538. The second-order valence-corrected chi connectivity index (χ2v) is 4.81. The van der Waals surface area contributed by atoms with Crippen LogP contribution in [0.2, 0.25) is 0 Å². The van der Waals surface area contributed by atoms with Gasteiger partial charge in [0, 0.05) is 25.7 Å². The summed E-state index contributed by atoms with van der Waals surface area (Å²) < 4.78 is 5.84. The Morgan fingerprint density at radius 1 is 1.59 bits per heavy atom. The van der Waals surface area contributed by atoms with Gasteiger partial charge in [-0.2, -0.15) is 0 Å². The van der Waals surface area contributed by atoms with Crippen molar-refractivity contribution in [3.05, 3.63) is 0 Å². The zero-order chi connectivity index (χ0) is 12.5. The van der Waals surface area contributed by atoms with E-state index in [1.165, 1.54) is 19.4 Å². The van der Waals surface area contributed by atoms with E-state index >= 15 is 0 Å². The van der Waals surface area contributed by atoms with E-state index in [2.05, 4.69) is 30.0 Å². The molecule has 3 heteroatoms. The second-order valence-electron chi connectivity index (χ2n) is 4.81. The first-order valence-electron chi connectivity index (χ1n) is 6.77. The molecule has 0 saturated carbocycles. The molecule has 2 unspecified atom stereocenters. The Balaban J connectivity index is 2.25. The maximum Gasteiger partial charge on any atom is 0.0702 e. The number of piperidine rings is 1. The molecule has 2 atom stereocenters. The summed E-state index contributed by atoms with van der Waals surface area (Å²) in [5, 5.41) is 3.27. The Hall–Kier alpha value is -0.560. The fraction of sp³-hybridized carbons (Fsp3) is 0.857. The third-order valence-electron chi connectivity index (χ3n) is 3.26. The van der Waals surface area contributed by atoms with Gasteiger partial charge in [0.2, 0.25) is 0 Å². The van der Waals surface area contributed by atoms with E-state index in [9.17, 15) is 0 Å². The van der Waals surface area contributed by atoms with Gasteiger partial charge in [-0.1, -0.05) is 12.8 Å². The maximum absolute atomic E-state index is 5.84. The summed E-state index contributed by atoms with van der Waals surface area (Å²) in [6.07, 6.45) is 9.21. The molecule has 0 aromatic rings. The zero-order valence-corrected chi connectivity index (χ0v) is 11.2. The van der Waals surface area contributed by atoms with Gasteiger partial charge in [-0.05, 0) is 32.7 Å². The van der Waals surface area contributed by atoms with E-state index in [0.29, 0.717) is 18.7 Å². The highest BCUT2D eigenvalue weighted by Gasteiger charge is 2.23. The Morgan fingerprint density at radius 2 is 2.41 bits per heavy atom. The standard InChI is InChI=1S/C14H26N2O/c1-4-8-15-11-13(3)16-9-6-7-14(12-16)17-10-5-2/h1,13-15H,5-12H2,2-3H3. The minimum Gasteiger partial charge on any atom is -0.377 e. The molecule has 0 spiro atoms. The van der Waals surface area contributed by atoms with Crippen molar-refractivity contribution in [2.24, 2.45) is 0 Å². The van der Waals surface area contributed by atoms with Crippen LogP contribution in [-0.2, 0) is 4.74 Å². The van der Waals surface area contributed by atoms with Crippen molar-refractivity contribution >= 4 is 0 Å². The monoisotopic (exact) mass is 238 g/mol. The summed E-state index contributed by atoms with van der Waals surface area (Å²) in [6.45, 7) is 9.18. The molecule has 1 rings (SSSR count). The largest absolute Gasteiger partial charge is 0.377 e. The number of terminal acetylenes is 1. The van der Waals surface area contributed by atoms with Crippen molar-refractivity contribution in [1.82, 2.24) is 10.2 Å². The third kappa shape index (κ3) is 5.54. The van der Waals surface area contributed by atoms with Gasteiger partial charge in [0.25, 0.3) is 0 Å². The molecule has 98 valence electrons. The summed E-state index contributed by atoms with van der Waals surface area (Å²) in [5.74, 6) is 2.61. The first kappa shape index (κ1) is 14.5. The molecule has 3 nitrogen and oxygen atoms in total. The van der Waals surface area contributed by atoms with Gasteiger partial charge >= 0.3 is 0 Å². The first-order valence-corrected chi connectivity index (χ1v) is 6.77. The van der Waals surface area contributed by atoms with Crippen LogP contribution in [0.5, 0.6) is 0 Å². The molecule has 0 radical (unpaired) electrons. The van der Waals surface area contributed by atoms with Crippen LogP contribution >= 0.6 is 0 Å². The highest BCUT2D eigenvalue weighted by Crippen LogP contribution is 2.15. The molecule has 1 saturated heterocycles. The molecule has 0 bridgehead atoms. The predicted molar refractivity (Wildman–Crippen MR) is 72.0 cm³/mol. The average Bonchev–Trinajstić information content (AvgIpc) is 2.37. The summed E-state index contributed by atoms with van der Waals surface area (Å²) in [4.78, 5) is 2.51. The maximum atomic E-state index is 5.84. The molecular weight excluding hydrogens is 212 g/mol. The van der Waals surface area contributed by atoms with Gasteiger partial charge in [0.05, 0.1) is 12.6 Å². The van der Waals surface area contributed by atoms with E-state index in [1.807, 2.05) is 0 Å². The minimum absolute atomic E-state index is 0.429. The lowest BCUT2D eigenvalue weighted by molar-refractivity contribution is -0.0101. The number of nitrogens with one attached hydrogen (secondary N) is 1. The highest BCUT2D eigenvalue weighted by molar-refractivity contribution is 4.87. The minimum atomic E-state index is 0.429. The Kier molecular flexibility index (Phi) is 7.27. The smallest absolute Gasteiger partial charge is 0.0702 e. The topological polar surface area (TPSA) is 24.5 Å². The van der Waals surface area contributed by atoms with E-state index in [0.717, 1.165) is 26.1 Å². The third-order valence-corrected chi connectivity index (χ3v) is 3.26. The normalized spacial score (nSPS) is 23.2. The molecule has 0 aromatic carbocycles. The highest BCUT2D eigenvalue weighted by atomic mass is 16.5. The van der Waals surface area contributed by atoms with Gasteiger partial charge in [-0.3, -0.25) is 4.90 Å². The Labute approximate surface area is 106 Å². The van der Waals surface area contributed by atoms with Crippen molar-refractivity contribution in [2.45, 2.75) is 45.3 Å². The molecule has 0 aliphatic carbocycles. The molecule has 17 heavy (non-hydrogen) atoms. The molecular formula is C14H26N2O. The van der Waals surface area contributed by atoms with Crippen LogP contribution in [0.3, 0.4) is 0 Å². The quantitative estimate of drug-likeness (QED) is 0.537. The first-order chi connectivity index (χ1) is 8.27. The zero-order valence-electron chi connectivity index (χ0n) is 11.2. The lowest BCUT2D eigenvalue weighted by Crippen LogP contribution is -2.48. The van der Waals surface area contributed by atoms with E-state index in [4.69, 9.17) is 11.2 Å². The molecule has 1 heterocycles. The number of hydrogen-bond acceptors (Lipinski definition) is 3. The van der Waals surface area contributed by atoms with Crippen LogP contribution in [-0.4, -0.2) is 49.8 Å². The fourth-order valence-electron chi connectivity index (χ4n) is 2.27. The van der Waals surface area contributed by atoms with E-state index < -0.39 is 0 Å². The van der Waals surface area contributed by atoms with E-state index in [1.54, 1.807) is 0 Å². The molecule has 1 aliphatic heterocycles. The van der Waals surface area contributed by atoms with Crippen LogP contribution in [0.15, 0.2) is 0 Å². The molecule has 1 N–H and O–H groups in total. The van der Waals surface area contributed by atoms with Crippen molar-refractivity contribution < 1.29 is 4.74 Å². The van der Waals surface area contributed by atoms with Gasteiger partial charge in [0.1, 0.15) is 0 Å². The summed E-state index contributed by atoms with van der Waals surface area (Å²) in [5.41, 5.74) is 0. The molecule has 1 aliphatic rings. The van der Waals surface area contributed by atoms with Crippen molar-refractivity contribution in [3.63, 3.8) is 0 Å². The fourth-order valence-corrected chi connectivity index (χ4v) is 2.27. The number of nitrogens with zero attached hydrogens (tertiary/aromatic N) is 1. The van der Waals surface area contributed by atoms with E-state index in [-0.39, 0.29) is 0 Å². The predicted octanol–water partition coefficient (Wildman–Crippen LogP) is 1.49. The van der Waals surface area contributed by atoms with Crippen LogP contribution in [0, 0.1) is 12.3 Å². The van der Waals surface area contributed by atoms with Crippen LogP contribution < -0.4 is 5.32 Å². The molecule has 0 aromatic heterocycles. The molecule has 1 fully saturated rings. The van der Waals surface area contributed by atoms with Crippen LogP contribution in [0.4, 0.5) is 0 Å². The van der Waals surface area contributed by atoms with Gasteiger partial charge < -0.3 is 10.1 Å². The number of hydrogen-bond donors (Lipinski definition) is 1. The SMILES string of the molecule is C#CCNCC(C)N1CCCC(OCCC)C1. The summed E-state index contributed by atoms with van der Waals surface area (Å²) >= 11 is 0. The van der Waals surface area contributed by atoms with Crippen molar-refractivity contribution in [2.75, 3.05) is 32.8 Å². The van der Waals surface area contributed by atoms with Crippen LogP contribution in [0.25, 0.3) is 0 Å². The summed E-state index contributed by atoms with van der Waals surface area (Å²) in [7, 11) is 0. The number of rotatable bonds is 7. The second kappa shape index (κ2) is 8.52. The number of ether oxygens (including phenoxy) is 1. The number of likely N-dealkylation sites (tertiary alicyclic amines) is 1. The van der Waals surface area contributed by atoms with Gasteiger partial charge in [-0.25, -0.2) is 0 Å². The Bertz CT molecular complexity index is 237. The van der Waals surface area contributed by atoms with Crippen molar-refractivity contribution in [1.29, 1.82) is 0 Å². The average molecular weight is 238 g/mol.